The number of hydrogen-bond donors (Lipinski definition) is 1. The van der Waals surface area contributed by atoms with Gasteiger partial charge in [-0.3, -0.25) is 4.79 Å². The van der Waals surface area contributed by atoms with E-state index in [1.165, 1.54) is 32.1 Å². The second-order valence-electron chi connectivity index (χ2n) is 5.22. The summed E-state index contributed by atoms with van der Waals surface area (Å²) in [6, 6.07) is 0. The molecule has 0 aromatic rings. The first kappa shape index (κ1) is 14.5. The summed E-state index contributed by atoms with van der Waals surface area (Å²) in [6.07, 6.45) is 9.55. The molecule has 0 spiro atoms. The molecule has 0 saturated carbocycles. The van der Waals surface area contributed by atoms with Gasteiger partial charge < -0.3 is 9.84 Å². The molecule has 3 nitrogen and oxygen atoms in total. The lowest BCUT2D eigenvalue weighted by molar-refractivity contribution is -0.155. The number of carboxylic acid groups (broad SMARTS) is 1. The molecule has 1 N–H and O–H groups in total. The van der Waals surface area contributed by atoms with Crippen LogP contribution in [0, 0.1) is 5.41 Å². The molecule has 1 rings (SSSR count). The minimum absolute atomic E-state index is 0.483. The molecule has 100 valence electrons. The van der Waals surface area contributed by atoms with E-state index in [0.29, 0.717) is 26.1 Å². The summed E-state index contributed by atoms with van der Waals surface area (Å²) < 4.78 is 5.27. The number of carbonyl (C=O) groups is 1. The van der Waals surface area contributed by atoms with Crippen molar-refractivity contribution in [3.8, 4) is 0 Å². The predicted molar refractivity (Wildman–Crippen MR) is 68.1 cm³/mol. The fourth-order valence-electron chi connectivity index (χ4n) is 2.58. The normalized spacial score (nSPS) is 19.1. The van der Waals surface area contributed by atoms with Gasteiger partial charge in [0.2, 0.25) is 0 Å². The summed E-state index contributed by atoms with van der Waals surface area (Å²) in [5, 5.41) is 9.37. The Labute approximate surface area is 105 Å². The van der Waals surface area contributed by atoms with Crippen LogP contribution in [0.4, 0.5) is 0 Å². The van der Waals surface area contributed by atoms with Crippen molar-refractivity contribution in [1.29, 1.82) is 0 Å². The lowest BCUT2D eigenvalue weighted by Crippen LogP contribution is -2.37. The molecule has 3 heteroatoms. The fourth-order valence-corrected chi connectivity index (χ4v) is 2.58. The van der Waals surface area contributed by atoms with Gasteiger partial charge in [0, 0.05) is 13.2 Å². The van der Waals surface area contributed by atoms with Gasteiger partial charge in [-0.2, -0.15) is 0 Å². The van der Waals surface area contributed by atoms with Gasteiger partial charge in [0.25, 0.3) is 0 Å². The molecule has 1 aliphatic rings. The number of unbranched alkanes of at least 4 members (excludes halogenated alkanes) is 5. The van der Waals surface area contributed by atoms with Gasteiger partial charge in [-0.25, -0.2) is 0 Å². The molecular weight excluding hydrogens is 216 g/mol. The molecule has 0 unspecified atom stereocenters. The van der Waals surface area contributed by atoms with E-state index < -0.39 is 11.4 Å². The first-order valence-corrected chi connectivity index (χ1v) is 7.02. The topological polar surface area (TPSA) is 46.5 Å². The Morgan fingerprint density at radius 1 is 1.12 bits per heavy atom. The van der Waals surface area contributed by atoms with E-state index in [4.69, 9.17) is 4.74 Å². The molecule has 0 aromatic heterocycles. The zero-order chi connectivity index (χ0) is 12.6. The van der Waals surface area contributed by atoms with Crippen LogP contribution in [0.5, 0.6) is 0 Å². The molecule has 0 amide bonds. The fraction of sp³-hybridized carbons (Fsp3) is 0.929. The second kappa shape index (κ2) is 7.70. The van der Waals surface area contributed by atoms with Crippen LogP contribution >= 0.6 is 0 Å². The van der Waals surface area contributed by atoms with Crippen LogP contribution in [-0.4, -0.2) is 24.3 Å². The van der Waals surface area contributed by atoms with Crippen LogP contribution in [0.3, 0.4) is 0 Å². The lowest BCUT2D eigenvalue weighted by atomic mass is 9.76. The van der Waals surface area contributed by atoms with E-state index in [9.17, 15) is 9.90 Å². The van der Waals surface area contributed by atoms with Crippen molar-refractivity contribution < 1.29 is 14.6 Å². The molecule has 1 aliphatic heterocycles. The summed E-state index contributed by atoms with van der Waals surface area (Å²) in [5.74, 6) is -0.616. The van der Waals surface area contributed by atoms with Gasteiger partial charge in [0.1, 0.15) is 0 Å². The Bertz CT molecular complexity index is 220. The molecular formula is C14H26O3. The highest BCUT2D eigenvalue weighted by molar-refractivity contribution is 5.74. The summed E-state index contributed by atoms with van der Waals surface area (Å²) in [7, 11) is 0. The van der Waals surface area contributed by atoms with Gasteiger partial charge in [-0.15, -0.1) is 0 Å². The number of carboxylic acids is 1. The molecule has 1 fully saturated rings. The van der Waals surface area contributed by atoms with Crippen molar-refractivity contribution in [3.05, 3.63) is 0 Å². The van der Waals surface area contributed by atoms with Gasteiger partial charge >= 0.3 is 5.97 Å². The van der Waals surface area contributed by atoms with Crippen LogP contribution in [0.25, 0.3) is 0 Å². The van der Waals surface area contributed by atoms with E-state index in [1.54, 1.807) is 0 Å². The summed E-state index contributed by atoms with van der Waals surface area (Å²) in [6.45, 7) is 3.44. The zero-order valence-corrected chi connectivity index (χ0v) is 11.0. The van der Waals surface area contributed by atoms with Crippen LogP contribution < -0.4 is 0 Å². The third kappa shape index (κ3) is 4.66. The van der Waals surface area contributed by atoms with Crippen LogP contribution in [0.2, 0.25) is 0 Å². The molecule has 0 atom stereocenters. The Morgan fingerprint density at radius 2 is 1.71 bits per heavy atom. The molecule has 0 bridgehead atoms. The summed E-state index contributed by atoms with van der Waals surface area (Å²) in [5.41, 5.74) is -0.483. The monoisotopic (exact) mass is 242 g/mol. The van der Waals surface area contributed by atoms with Crippen LogP contribution in [-0.2, 0) is 9.53 Å². The van der Waals surface area contributed by atoms with E-state index >= 15 is 0 Å². The van der Waals surface area contributed by atoms with Crippen molar-refractivity contribution in [2.75, 3.05) is 13.2 Å². The Morgan fingerprint density at radius 3 is 2.29 bits per heavy atom. The van der Waals surface area contributed by atoms with E-state index in [-0.39, 0.29) is 0 Å². The average Bonchev–Trinajstić information content (AvgIpc) is 2.34. The highest BCUT2D eigenvalue weighted by Gasteiger charge is 2.39. The van der Waals surface area contributed by atoms with Crippen molar-refractivity contribution in [1.82, 2.24) is 0 Å². The summed E-state index contributed by atoms with van der Waals surface area (Å²) in [4.78, 5) is 11.4. The largest absolute Gasteiger partial charge is 0.481 e. The average molecular weight is 242 g/mol. The Hall–Kier alpha value is -0.570. The molecule has 0 aliphatic carbocycles. The number of rotatable bonds is 8. The van der Waals surface area contributed by atoms with E-state index in [1.807, 2.05) is 0 Å². The standard InChI is InChI=1S/C14H26O3/c1-2-3-4-5-6-7-8-14(13(15)16)9-11-17-12-10-14/h2-12H2,1H3,(H,15,16). The Kier molecular flexibility index (Phi) is 6.56. The molecule has 0 aromatic carbocycles. The maximum Gasteiger partial charge on any atom is 0.309 e. The van der Waals surface area contributed by atoms with Gasteiger partial charge in [-0.05, 0) is 19.3 Å². The SMILES string of the molecule is CCCCCCCCC1(C(=O)O)CCOCC1. The predicted octanol–water partition coefficient (Wildman–Crippen LogP) is 3.62. The minimum atomic E-state index is -0.616. The maximum absolute atomic E-state index is 11.4. The molecule has 17 heavy (non-hydrogen) atoms. The number of ether oxygens (including phenoxy) is 1. The highest BCUT2D eigenvalue weighted by atomic mass is 16.5. The van der Waals surface area contributed by atoms with E-state index in [0.717, 1.165) is 12.8 Å². The smallest absolute Gasteiger partial charge is 0.309 e. The molecule has 0 radical (unpaired) electrons. The molecule has 1 heterocycles. The lowest BCUT2D eigenvalue weighted by Gasteiger charge is -2.33. The van der Waals surface area contributed by atoms with Crippen molar-refractivity contribution in [2.24, 2.45) is 5.41 Å². The third-order valence-corrected chi connectivity index (χ3v) is 3.91. The zero-order valence-electron chi connectivity index (χ0n) is 11.0. The van der Waals surface area contributed by atoms with Gasteiger partial charge in [0.05, 0.1) is 5.41 Å². The van der Waals surface area contributed by atoms with Crippen molar-refractivity contribution >= 4 is 5.97 Å². The first-order valence-electron chi connectivity index (χ1n) is 7.02. The summed E-state index contributed by atoms with van der Waals surface area (Å²) >= 11 is 0. The van der Waals surface area contributed by atoms with Gasteiger partial charge in [-0.1, -0.05) is 45.4 Å². The van der Waals surface area contributed by atoms with Crippen LogP contribution in [0.1, 0.15) is 64.7 Å². The number of hydrogen-bond acceptors (Lipinski definition) is 2. The Balaban J connectivity index is 2.23. The first-order chi connectivity index (χ1) is 8.21. The van der Waals surface area contributed by atoms with Crippen LogP contribution in [0.15, 0.2) is 0 Å². The third-order valence-electron chi connectivity index (χ3n) is 3.91. The van der Waals surface area contributed by atoms with Crippen molar-refractivity contribution in [2.45, 2.75) is 64.7 Å². The van der Waals surface area contributed by atoms with E-state index in [2.05, 4.69) is 6.92 Å². The molecule has 1 saturated heterocycles. The quantitative estimate of drug-likeness (QED) is 0.661. The second-order valence-corrected chi connectivity index (χ2v) is 5.22. The highest BCUT2D eigenvalue weighted by Crippen LogP contribution is 2.36. The number of aliphatic carboxylic acids is 1. The van der Waals surface area contributed by atoms with Crippen molar-refractivity contribution in [3.63, 3.8) is 0 Å². The minimum Gasteiger partial charge on any atom is -0.481 e. The maximum atomic E-state index is 11.4. The van der Waals surface area contributed by atoms with Gasteiger partial charge in [0.15, 0.2) is 0 Å².